The fourth-order valence-electron chi connectivity index (χ4n) is 5.14. The van der Waals surface area contributed by atoms with Crippen LogP contribution in [-0.4, -0.2) is 18.1 Å². The van der Waals surface area contributed by atoms with Gasteiger partial charge in [-0.05, 0) is 44.7 Å². The zero-order valence-electron chi connectivity index (χ0n) is 21.1. The normalized spacial score (nSPS) is 19.3. The molecule has 0 spiro atoms. The van der Waals surface area contributed by atoms with E-state index in [4.69, 9.17) is 11.6 Å². The second-order valence-corrected chi connectivity index (χ2v) is 11.8. The highest BCUT2D eigenvalue weighted by molar-refractivity contribution is 6.27. The van der Waals surface area contributed by atoms with Gasteiger partial charge in [-0.25, -0.2) is 0 Å². The van der Waals surface area contributed by atoms with Crippen LogP contribution in [-0.2, 0) is 21.0 Å². The highest BCUT2D eigenvalue weighted by Crippen LogP contribution is 2.56. The maximum absolute atomic E-state index is 14.3. The number of hydrogen-bond donors (Lipinski definition) is 1. The Labute approximate surface area is 208 Å². The molecule has 1 heterocycles. The van der Waals surface area contributed by atoms with Crippen molar-refractivity contribution >= 4 is 23.2 Å². The van der Waals surface area contributed by atoms with E-state index in [1.165, 1.54) is 0 Å². The van der Waals surface area contributed by atoms with Gasteiger partial charge in [-0.3, -0.25) is 4.79 Å². The molecule has 0 bridgehead atoms. The fraction of sp³-hybridized carbons (Fsp3) is 0.367. The predicted molar refractivity (Wildman–Crippen MR) is 141 cm³/mol. The first-order valence-corrected chi connectivity index (χ1v) is 12.2. The predicted octanol–water partition coefficient (Wildman–Crippen LogP) is 7.23. The number of phenols is 1. The van der Waals surface area contributed by atoms with Gasteiger partial charge >= 0.3 is 0 Å². The number of fused-ring (bicyclic) bond motifs is 1. The zero-order chi connectivity index (χ0) is 25.1. The number of amides is 1. The van der Waals surface area contributed by atoms with Crippen molar-refractivity contribution < 1.29 is 9.90 Å². The molecule has 0 saturated carbocycles. The number of anilines is 1. The van der Waals surface area contributed by atoms with Gasteiger partial charge in [0.2, 0.25) is 5.91 Å². The van der Waals surface area contributed by atoms with Crippen molar-refractivity contribution in [3.8, 4) is 5.75 Å². The highest BCUT2D eigenvalue weighted by atomic mass is 35.5. The topological polar surface area (TPSA) is 40.5 Å². The average molecular weight is 476 g/mol. The number of nitrogens with zero attached hydrogens (tertiary/aromatic N) is 1. The molecule has 0 aliphatic carbocycles. The minimum absolute atomic E-state index is 0.0667. The van der Waals surface area contributed by atoms with Crippen molar-refractivity contribution in [1.29, 1.82) is 0 Å². The van der Waals surface area contributed by atoms with Gasteiger partial charge in [-0.1, -0.05) is 102 Å². The van der Waals surface area contributed by atoms with Crippen molar-refractivity contribution in [3.05, 3.63) is 94.5 Å². The Balaban J connectivity index is 2.15. The third-order valence-corrected chi connectivity index (χ3v) is 7.57. The van der Waals surface area contributed by atoms with E-state index < -0.39 is 10.8 Å². The number of phenolic OH excluding ortho intramolecular Hbond substituents is 1. The lowest BCUT2D eigenvalue weighted by Crippen LogP contribution is -2.43. The van der Waals surface area contributed by atoms with Crippen LogP contribution in [0.15, 0.2) is 66.7 Å². The van der Waals surface area contributed by atoms with Crippen LogP contribution in [0.1, 0.15) is 74.7 Å². The quantitative estimate of drug-likeness (QED) is 0.406. The molecule has 3 aromatic rings. The molecule has 34 heavy (non-hydrogen) atoms. The van der Waals surface area contributed by atoms with Crippen molar-refractivity contribution in [2.75, 3.05) is 11.9 Å². The van der Waals surface area contributed by atoms with Crippen LogP contribution >= 0.6 is 11.6 Å². The summed E-state index contributed by atoms with van der Waals surface area (Å²) in [5, 5.41) is 10.7. The Kier molecular flexibility index (Phi) is 5.85. The van der Waals surface area contributed by atoms with E-state index in [1.54, 1.807) is 4.90 Å². The molecule has 1 aliphatic heterocycles. The van der Waals surface area contributed by atoms with Crippen molar-refractivity contribution in [1.82, 2.24) is 0 Å². The van der Waals surface area contributed by atoms with E-state index >= 15 is 0 Å². The van der Waals surface area contributed by atoms with E-state index in [0.29, 0.717) is 0 Å². The summed E-state index contributed by atoms with van der Waals surface area (Å²) in [4.78, 5) is 16.0. The molecule has 0 radical (unpaired) electrons. The van der Waals surface area contributed by atoms with Crippen molar-refractivity contribution in [3.63, 3.8) is 0 Å². The zero-order valence-corrected chi connectivity index (χ0v) is 21.9. The summed E-state index contributed by atoms with van der Waals surface area (Å²) in [5.41, 5.74) is 3.26. The van der Waals surface area contributed by atoms with Crippen LogP contribution in [0.4, 0.5) is 5.69 Å². The average Bonchev–Trinajstić information content (AvgIpc) is 3.00. The minimum atomic E-state index is -1.14. The molecule has 0 aromatic heterocycles. The SMILES string of the molecule is CN1C(=O)[C@@](c2cc(C(C)(C)C)c(O)c(C(C)(C)C)c2)([C@@H](Cl)c2ccccc2)c2ccccc21. The van der Waals surface area contributed by atoms with E-state index in [0.717, 1.165) is 33.5 Å². The number of para-hydroxylation sites is 1. The van der Waals surface area contributed by atoms with Crippen LogP contribution in [0, 0.1) is 0 Å². The Morgan fingerprint density at radius 2 is 1.35 bits per heavy atom. The van der Waals surface area contributed by atoms with Gasteiger partial charge < -0.3 is 10.0 Å². The third-order valence-electron chi connectivity index (χ3n) is 6.99. The van der Waals surface area contributed by atoms with Gasteiger partial charge in [-0.15, -0.1) is 11.6 Å². The molecule has 4 rings (SSSR count). The summed E-state index contributed by atoms with van der Waals surface area (Å²) in [7, 11) is 1.81. The number of likely N-dealkylation sites (N-methyl/N-ethyl adjacent to an activating group) is 1. The number of aromatic hydroxyl groups is 1. The Bertz CT molecular complexity index is 1200. The molecule has 1 amide bonds. The minimum Gasteiger partial charge on any atom is -0.507 e. The van der Waals surface area contributed by atoms with Crippen LogP contribution in [0.3, 0.4) is 0 Å². The molecule has 178 valence electrons. The molecule has 2 atom stereocenters. The van der Waals surface area contributed by atoms with Gasteiger partial charge in [0, 0.05) is 12.7 Å². The monoisotopic (exact) mass is 475 g/mol. The molecule has 0 unspecified atom stereocenters. The van der Waals surface area contributed by atoms with Crippen LogP contribution in [0.25, 0.3) is 0 Å². The second-order valence-electron chi connectivity index (χ2n) is 11.4. The number of alkyl halides is 1. The smallest absolute Gasteiger partial charge is 0.243 e. The van der Waals surface area contributed by atoms with Gasteiger partial charge in [0.1, 0.15) is 11.2 Å². The van der Waals surface area contributed by atoms with Gasteiger partial charge in [-0.2, -0.15) is 0 Å². The van der Waals surface area contributed by atoms with Crippen molar-refractivity contribution in [2.24, 2.45) is 0 Å². The first-order valence-electron chi connectivity index (χ1n) is 11.8. The molecular weight excluding hydrogens is 442 g/mol. The van der Waals surface area contributed by atoms with Gasteiger partial charge in [0.25, 0.3) is 0 Å². The summed E-state index contributed by atoms with van der Waals surface area (Å²) >= 11 is 7.35. The molecular formula is C30H34ClNO2. The van der Waals surface area contributed by atoms with Gasteiger partial charge in [0.15, 0.2) is 0 Å². The van der Waals surface area contributed by atoms with E-state index in [2.05, 4.69) is 41.5 Å². The molecule has 0 fully saturated rings. The van der Waals surface area contributed by atoms with Crippen molar-refractivity contribution in [2.45, 2.75) is 63.2 Å². The lowest BCUT2D eigenvalue weighted by Gasteiger charge is -2.37. The number of carbonyl (C=O) groups excluding carboxylic acids is 1. The fourth-order valence-corrected chi connectivity index (χ4v) is 5.62. The number of hydrogen-bond acceptors (Lipinski definition) is 2. The summed E-state index contributed by atoms with van der Waals surface area (Å²) in [6.45, 7) is 12.5. The largest absolute Gasteiger partial charge is 0.507 e. The second kappa shape index (κ2) is 8.16. The first kappa shape index (κ1) is 24.3. The molecule has 0 saturated heterocycles. The number of halogens is 1. The summed E-state index contributed by atoms with van der Waals surface area (Å²) in [6, 6.07) is 21.7. The summed E-state index contributed by atoms with van der Waals surface area (Å²) in [5.74, 6) is 0.222. The standard InChI is InChI=1S/C30H34ClNO2/c1-28(2,3)22-17-20(18-23(25(22)33)29(4,5)6)30(26(31)19-13-9-8-10-14-19)21-15-11-12-16-24(21)32(7)27(30)34/h8-18,26,33H,1-7H3/t26-,30+/m0/s1. The molecule has 1 aliphatic rings. The van der Waals surface area contributed by atoms with Gasteiger partial charge in [0.05, 0.1) is 5.38 Å². The summed E-state index contributed by atoms with van der Waals surface area (Å²) in [6.07, 6.45) is 0. The van der Waals surface area contributed by atoms with Crippen LogP contribution < -0.4 is 4.90 Å². The third kappa shape index (κ3) is 3.62. The lowest BCUT2D eigenvalue weighted by atomic mass is 9.67. The Morgan fingerprint density at radius 1 is 0.853 bits per heavy atom. The van der Waals surface area contributed by atoms with Crippen LogP contribution in [0.5, 0.6) is 5.75 Å². The molecule has 4 heteroatoms. The van der Waals surface area contributed by atoms with E-state index in [9.17, 15) is 9.90 Å². The maximum atomic E-state index is 14.3. The van der Waals surface area contributed by atoms with E-state index in [-0.39, 0.29) is 22.5 Å². The lowest BCUT2D eigenvalue weighted by molar-refractivity contribution is -0.121. The maximum Gasteiger partial charge on any atom is 0.243 e. The Hall–Kier alpha value is -2.78. The van der Waals surface area contributed by atoms with E-state index in [1.807, 2.05) is 73.8 Å². The first-order chi connectivity index (χ1) is 15.8. The number of carbonyl (C=O) groups is 1. The number of rotatable bonds is 3. The number of benzene rings is 3. The summed E-state index contributed by atoms with van der Waals surface area (Å²) < 4.78 is 0. The highest BCUT2D eigenvalue weighted by Gasteiger charge is 2.56. The molecule has 3 nitrogen and oxygen atoms in total. The molecule has 1 N–H and O–H groups in total. The Morgan fingerprint density at radius 3 is 1.88 bits per heavy atom. The van der Waals surface area contributed by atoms with Crippen LogP contribution in [0.2, 0.25) is 0 Å². The molecule has 3 aromatic carbocycles.